The Labute approximate surface area is 123 Å². The molecule has 2 amide bonds. The van der Waals surface area contributed by atoms with E-state index < -0.39 is 21.8 Å². The monoisotopic (exact) mass is 314 g/mol. The number of anilines is 1. The molecule has 0 fully saturated rings. The highest BCUT2D eigenvalue weighted by Gasteiger charge is 2.10. The zero-order chi connectivity index (χ0) is 16.0. The molecule has 0 aliphatic rings. The largest absolute Gasteiger partial charge is 0.478 e. The van der Waals surface area contributed by atoms with Gasteiger partial charge in [-0.3, -0.25) is 0 Å². The fourth-order valence-corrected chi connectivity index (χ4v) is 2.27. The van der Waals surface area contributed by atoms with E-state index in [1.54, 1.807) is 13.8 Å². The Hall–Kier alpha value is -2.09. The number of rotatable bonds is 6. The summed E-state index contributed by atoms with van der Waals surface area (Å²) in [6.45, 7) is 3.24. The highest BCUT2D eigenvalue weighted by Crippen LogP contribution is 2.16. The zero-order valence-corrected chi connectivity index (χ0v) is 12.7. The third-order valence-corrected chi connectivity index (χ3v) is 4.57. The molecule has 0 unspecified atom stereocenters. The van der Waals surface area contributed by atoms with Gasteiger partial charge in [0, 0.05) is 18.0 Å². The molecule has 0 radical (unpaired) electrons. The van der Waals surface area contributed by atoms with Crippen molar-refractivity contribution in [3.05, 3.63) is 29.3 Å². The molecule has 0 aliphatic heterocycles. The zero-order valence-electron chi connectivity index (χ0n) is 11.8. The van der Waals surface area contributed by atoms with Crippen molar-refractivity contribution < 1.29 is 23.1 Å². The molecule has 8 heteroatoms. The van der Waals surface area contributed by atoms with Crippen molar-refractivity contribution in [1.82, 2.24) is 5.32 Å². The van der Waals surface area contributed by atoms with Crippen molar-refractivity contribution in [3.8, 4) is 0 Å². The van der Waals surface area contributed by atoms with Crippen LogP contribution >= 0.6 is 0 Å². The van der Waals surface area contributed by atoms with E-state index in [1.807, 2.05) is 0 Å². The van der Waals surface area contributed by atoms with Gasteiger partial charge in [-0.1, -0.05) is 6.92 Å². The van der Waals surface area contributed by atoms with Crippen LogP contribution in [0.2, 0.25) is 0 Å². The number of carbonyl (C=O) groups is 2. The maximum atomic E-state index is 11.6. The Morgan fingerprint density at radius 2 is 1.95 bits per heavy atom. The lowest BCUT2D eigenvalue weighted by molar-refractivity contribution is 0.0696. The highest BCUT2D eigenvalue weighted by atomic mass is 32.2. The Morgan fingerprint density at radius 3 is 2.48 bits per heavy atom. The average molecular weight is 314 g/mol. The van der Waals surface area contributed by atoms with Crippen LogP contribution in [0.4, 0.5) is 10.5 Å². The van der Waals surface area contributed by atoms with Gasteiger partial charge in [0.15, 0.2) is 9.84 Å². The van der Waals surface area contributed by atoms with Crippen LogP contribution in [0.15, 0.2) is 18.2 Å². The number of aromatic carboxylic acids is 1. The van der Waals surface area contributed by atoms with E-state index >= 15 is 0 Å². The van der Waals surface area contributed by atoms with Crippen molar-refractivity contribution in [3.63, 3.8) is 0 Å². The van der Waals surface area contributed by atoms with Gasteiger partial charge in [0.25, 0.3) is 0 Å². The smallest absolute Gasteiger partial charge is 0.335 e. The lowest BCUT2D eigenvalue weighted by Gasteiger charge is -2.10. The van der Waals surface area contributed by atoms with Gasteiger partial charge in [0.2, 0.25) is 0 Å². The van der Waals surface area contributed by atoms with E-state index in [4.69, 9.17) is 5.11 Å². The number of sulfone groups is 1. The number of aryl methyl sites for hydroxylation is 1. The van der Waals surface area contributed by atoms with E-state index in [9.17, 15) is 18.0 Å². The summed E-state index contributed by atoms with van der Waals surface area (Å²) in [4.78, 5) is 22.4. The minimum Gasteiger partial charge on any atom is -0.478 e. The van der Waals surface area contributed by atoms with Gasteiger partial charge < -0.3 is 15.7 Å². The molecule has 116 valence electrons. The quantitative estimate of drug-likeness (QED) is 0.731. The topological polar surface area (TPSA) is 113 Å². The third kappa shape index (κ3) is 5.42. The Kier molecular flexibility index (Phi) is 5.71. The van der Waals surface area contributed by atoms with Crippen molar-refractivity contribution >= 4 is 27.5 Å². The van der Waals surface area contributed by atoms with Crippen LogP contribution < -0.4 is 10.6 Å². The summed E-state index contributed by atoms with van der Waals surface area (Å²) in [6.07, 6.45) is 0. The van der Waals surface area contributed by atoms with Crippen LogP contribution in [-0.4, -0.2) is 43.6 Å². The summed E-state index contributed by atoms with van der Waals surface area (Å²) in [5, 5.41) is 13.8. The summed E-state index contributed by atoms with van der Waals surface area (Å²) in [7, 11) is -3.12. The second-order valence-corrected chi connectivity index (χ2v) is 6.92. The van der Waals surface area contributed by atoms with Crippen LogP contribution in [-0.2, 0) is 9.84 Å². The van der Waals surface area contributed by atoms with E-state index in [0.29, 0.717) is 11.3 Å². The molecular formula is C13H18N2O5S. The fraction of sp³-hybridized carbons (Fsp3) is 0.385. The predicted molar refractivity (Wildman–Crippen MR) is 79.5 cm³/mol. The molecule has 7 nitrogen and oxygen atoms in total. The molecule has 0 saturated carbocycles. The van der Waals surface area contributed by atoms with E-state index in [1.165, 1.54) is 18.2 Å². The van der Waals surface area contributed by atoms with E-state index in [-0.39, 0.29) is 23.6 Å². The third-order valence-electron chi connectivity index (χ3n) is 2.86. The number of hydrogen-bond donors (Lipinski definition) is 3. The second-order valence-electron chi connectivity index (χ2n) is 4.45. The number of benzene rings is 1. The molecule has 0 spiro atoms. The van der Waals surface area contributed by atoms with Crippen LogP contribution in [0.5, 0.6) is 0 Å². The first kappa shape index (κ1) is 17.0. The standard InChI is InChI=1S/C13H18N2O5S/c1-3-21(19,20)7-6-14-13(18)15-11-5-4-10(12(16)17)8-9(11)2/h4-5,8H,3,6-7H2,1-2H3,(H,16,17)(H2,14,15,18). The molecule has 1 aromatic carbocycles. The number of carboxylic acid groups (broad SMARTS) is 1. The first-order valence-corrected chi connectivity index (χ1v) is 8.16. The minimum absolute atomic E-state index is 0.0221. The van der Waals surface area contributed by atoms with Crippen LogP contribution in [0.3, 0.4) is 0 Å². The molecule has 1 rings (SSSR count). The minimum atomic E-state index is -3.12. The Bertz CT molecular complexity index is 640. The van der Waals surface area contributed by atoms with Crippen molar-refractivity contribution in [2.45, 2.75) is 13.8 Å². The molecule has 1 aromatic rings. The van der Waals surface area contributed by atoms with Gasteiger partial charge in [-0.15, -0.1) is 0 Å². The molecule has 3 N–H and O–H groups in total. The van der Waals surface area contributed by atoms with Crippen LogP contribution in [0, 0.1) is 6.92 Å². The number of hydrogen-bond acceptors (Lipinski definition) is 4. The molecule has 0 heterocycles. The van der Waals surface area contributed by atoms with Crippen molar-refractivity contribution in [1.29, 1.82) is 0 Å². The molecule has 21 heavy (non-hydrogen) atoms. The van der Waals surface area contributed by atoms with E-state index in [2.05, 4.69) is 10.6 Å². The lowest BCUT2D eigenvalue weighted by Crippen LogP contribution is -2.33. The SMILES string of the molecule is CCS(=O)(=O)CCNC(=O)Nc1ccc(C(=O)O)cc1C. The average Bonchev–Trinajstić information content (AvgIpc) is 2.40. The van der Waals surface area contributed by atoms with Crippen molar-refractivity contribution in [2.24, 2.45) is 0 Å². The number of amides is 2. The first-order chi connectivity index (χ1) is 9.75. The first-order valence-electron chi connectivity index (χ1n) is 6.34. The summed E-state index contributed by atoms with van der Waals surface area (Å²) in [5.41, 5.74) is 1.20. The maximum Gasteiger partial charge on any atom is 0.335 e. The molecule has 0 bridgehead atoms. The summed E-state index contributed by atoms with van der Waals surface area (Å²) >= 11 is 0. The predicted octanol–water partition coefficient (Wildman–Crippen LogP) is 1.25. The van der Waals surface area contributed by atoms with Crippen LogP contribution in [0.1, 0.15) is 22.8 Å². The highest BCUT2D eigenvalue weighted by molar-refractivity contribution is 7.91. The van der Waals surface area contributed by atoms with Gasteiger partial charge in [-0.25, -0.2) is 18.0 Å². The second kappa shape index (κ2) is 7.07. The normalized spacial score (nSPS) is 11.0. The van der Waals surface area contributed by atoms with Gasteiger partial charge >= 0.3 is 12.0 Å². The number of urea groups is 1. The number of nitrogens with one attached hydrogen (secondary N) is 2. The number of carbonyl (C=O) groups excluding carboxylic acids is 1. The lowest BCUT2D eigenvalue weighted by atomic mass is 10.1. The fourth-order valence-electron chi connectivity index (χ4n) is 1.57. The van der Waals surface area contributed by atoms with Crippen molar-refractivity contribution in [2.75, 3.05) is 23.4 Å². The maximum absolute atomic E-state index is 11.6. The molecule has 0 atom stereocenters. The summed E-state index contributed by atoms with van der Waals surface area (Å²) < 4.78 is 22.5. The Morgan fingerprint density at radius 1 is 1.29 bits per heavy atom. The van der Waals surface area contributed by atoms with Crippen LogP contribution in [0.25, 0.3) is 0 Å². The van der Waals surface area contributed by atoms with Gasteiger partial charge in [0.05, 0.1) is 11.3 Å². The number of carboxylic acids is 1. The summed E-state index contributed by atoms with van der Waals surface area (Å²) in [5.74, 6) is -1.13. The van der Waals surface area contributed by atoms with Gasteiger partial charge in [0.1, 0.15) is 0 Å². The van der Waals surface area contributed by atoms with Gasteiger partial charge in [-0.05, 0) is 30.7 Å². The summed E-state index contributed by atoms with van der Waals surface area (Å²) in [6, 6.07) is 3.78. The molecular weight excluding hydrogens is 296 g/mol. The molecule has 0 aromatic heterocycles. The Balaban J connectivity index is 2.58. The molecule has 0 aliphatic carbocycles. The molecule has 0 saturated heterocycles. The van der Waals surface area contributed by atoms with Gasteiger partial charge in [-0.2, -0.15) is 0 Å². The van der Waals surface area contributed by atoms with E-state index in [0.717, 1.165) is 0 Å².